The first-order valence-electron chi connectivity index (χ1n) is 18.5. The predicted octanol–water partition coefficient (Wildman–Crippen LogP) is 11.5. The van der Waals surface area contributed by atoms with E-state index in [1.807, 2.05) is 11.3 Å². The summed E-state index contributed by atoms with van der Waals surface area (Å²) in [5.41, 5.74) is 12.7. The van der Waals surface area contributed by atoms with Crippen LogP contribution < -0.4 is 10.1 Å². The summed E-state index contributed by atoms with van der Waals surface area (Å²) in [4.78, 5) is 10.1. The Kier molecular flexibility index (Phi) is 8.33. The van der Waals surface area contributed by atoms with Crippen LogP contribution in [0.3, 0.4) is 0 Å². The van der Waals surface area contributed by atoms with Crippen LogP contribution in [-0.4, -0.2) is 20.5 Å². The van der Waals surface area contributed by atoms with Crippen molar-refractivity contribution in [3.8, 4) is 16.9 Å². The van der Waals surface area contributed by atoms with Crippen molar-refractivity contribution in [2.24, 2.45) is 0 Å². The Morgan fingerprint density at radius 1 is 0.630 bits per heavy atom. The van der Waals surface area contributed by atoms with Crippen LogP contribution in [0, 0.1) is 12.1 Å². The van der Waals surface area contributed by atoms with Gasteiger partial charge in [-0.15, -0.1) is 38.8 Å². The molecule has 0 fully saturated rings. The molecule has 0 unspecified atom stereocenters. The minimum absolute atomic E-state index is 0. The molecular formula is C48H39N4OPt-. The first-order chi connectivity index (χ1) is 25.9. The van der Waals surface area contributed by atoms with Gasteiger partial charge in [0, 0.05) is 43.9 Å². The van der Waals surface area contributed by atoms with E-state index in [-0.39, 0.29) is 27.1 Å². The van der Waals surface area contributed by atoms with Crippen molar-refractivity contribution < 1.29 is 26.0 Å². The number of pyridine rings is 1. The SMILES string of the molecule is CC(C)c1ccnc(-n2c3[c-]c(C4(c5[c-]c(N6[OH+]N(C(C)C)c7ccccc76)ccc5)c5ccccc5-c5ccccc54)ccc3c3ccccc32)c1.[Pt]. The molecule has 0 radical (unpaired) electrons. The summed E-state index contributed by atoms with van der Waals surface area (Å²) in [6.07, 6.45) is 1.93. The first kappa shape index (κ1) is 34.3. The number of rotatable bonds is 6. The fourth-order valence-electron chi connectivity index (χ4n) is 8.61. The number of hydroxylamine groups is 1. The van der Waals surface area contributed by atoms with E-state index in [9.17, 15) is 0 Å². The number of hydrogen-bond acceptors (Lipinski definition) is 3. The van der Waals surface area contributed by atoms with Crippen molar-refractivity contribution in [3.05, 3.63) is 186 Å². The van der Waals surface area contributed by atoms with Crippen LogP contribution in [0.25, 0.3) is 38.8 Å². The van der Waals surface area contributed by atoms with E-state index in [1.165, 1.54) is 33.2 Å². The normalized spacial score (nSPS) is 14.1. The summed E-state index contributed by atoms with van der Waals surface area (Å²) >= 11 is 0. The van der Waals surface area contributed by atoms with Crippen LogP contribution >= 0.6 is 0 Å². The van der Waals surface area contributed by atoms with Gasteiger partial charge in [-0.05, 0) is 83.3 Å². The van der Waals surface area contributed by atoms with Gasteiger partial charge in [0.05, 0.1) is 6.04 Å². The van der Waals surface area contributed by atoms with Gasteiger partial charge in [0.1, 0.15) is 17.2 Å². The number of anilines is 3. The third kappa shape index (κ3) is 4.95. The van der Waals surface area contributed by atoms with Crippen LogP contribution in [0.15, 0.2) is 146 Å². The van der Waals surface area contributed by atoms with Gasteiger partial charge >= 0.3 is 0 Å². The molecule has 0 atom stereocenters. The van der Waals surface area contributed by atoms with Gasteiger partial charge in [0.2, 0.25) is 0 Å². The van der Waals surface area contributed by atoms with E-state index in [4.69, 9.17) is 9.92 Å². The Morgan fingerprint density at radius 3 is 2.04 bits per heavy atom. The van der Waals surface area contributed by atoms with E-state index in [0.29, 0.717) is 5.92 Å². The second-order valence-electron chi connectivity index (χ2n) is 14.7. The molecule has 3 heterocycles. The van der Waals surface area contributed by atoms with Crippen LogP contribution in [0.1, 0.15) is 61.4 Å². The van der Waals surface area contributed by atoms with Crippen LogP contribution in [0.4, 0.5) is 17.1 Å². The Morgan fingerprint density at radius 2 is 1.30 bits per heavy atom. The maximum Gasteiger partial charge on any atom is 0.145 e. The quantitative estimate of drug-likeness (QED) is 0.123. The van der Waals surface area contributed by atoms with Gasteiger partial charge in [0.15, 0.2) is 0 Å². The second-order valence-corrected chi connectivity index (χ2v) is 14.7. The van der Waals surface area contributed by atoms with Crippen molar-refractivity contribution >= 4 is 38.9 Å². The third-order valence-electron chi connectivity index (χ3n) is 11.0. The van der Waals surface area contributed by atoms with E-state index in [1.54, 1.807) is 0 Å². The van der Waals surface area contributed by atoms with Gasteiger partial charge in [0.25, 0.3) is 0 Å². The number of hydrogen-bond donors (Lipinski definition) is 0. The van der Waals surface area contributed by atoms with E-state index >= 15 is 0 Å². The molecule has 0 saturated carbocycles. The van der Waals surface area contributed by atoms with Crippen LogP contribution in [0.2, 0.25) is 0 Å². The van der Waals surface area contributed by atoms with E-state index in [2.05, 4.69) is 189 Å². The van der Waals surface area contributed by atoms with Crippen LogP contribution in [-0.2, 0) is 26.5 Å². The topological polar surface area (TPSA) is 37.1 Å². The fraction of sp³-hybridized carbons (Fsp3) is 0.146. The maximum atomic E-state index is 5.12. The summed E-state index contributed by atoms with van der Waals surface area (Å²) in [5.74, 6) is 1.28. The summed E-state index contributed by atoms with van der Waals surface area (Å²) in [6.45, 7) is 8.80. The number of fused-ring (bicyclic) bond motifs is 7. The van der Waals surface area contributed by atoms with Crippen molar-refractivity contribution in [1.29, 1.82) is 0 Å². The molecule has 0 bridgehead atoms. The number of para-hydroxylation sites is 3. The number of nitrogens with zero attached hydrogens (tertiary/aromatic N) is 4. The molecule has 1 N–H and O–H groups in total. The Bertz CT molecular complexity index is 2670. The molecule has 2 aliphatic rings. The molecule has 0 spiro atoms. The number of benzene rings is 6. The monoisotopic (exact) mass is 882 g/mol. The molecule has 5 nitrogen and oxygen atoms in total. The smallest absolute Gasteiger partial charge is 0.145 e. The standard InChI is InChI=1S/C48H38N4O.Pt/c1-31(2)33-26-27-49-47(28-33)50-43-21-10-7-18-39(43)40-25-24-35(30-46(40)50)48(41-19-8-5-16-37(41)38-17-6-9-20-42(38)48)34-14-13-15-36(29-34)52-45-23-12-11-22-44(45)51(53-52)32(3)4;/h5-28,31-32H,1-4H3;/q-2;/p+1. The Hall–Kier alpha value is -5.48. The van der Waals surface area contributed by atoms with Gasteiger partial charge in [-0.3, -0.25) is 0 Å². The minimum Gasteiger partial charge on any atom is -0.319 e. The molecule has 268 valence electrons. The predicted molar refractivity (Wildman–Crippen MR) is 216 cm³/mol. The summed E-state index contributed by atoms with van der Waals surface area (Å²) < 4.78 is 2.29. The molecule has 10 rings (SSSR count). The molecule has 0 amide bonds. The van der Waals surface area contributed by atoms with Crippen molar-refractivity contribution in [3.63, 3.8) is 0 Å². The average Bonchev–Trinajstić information content (AvgIpc) is 3.85. The van der Waals surface area contributed by atoms with E-state index < -0.39 is 5.41 Å². The Balaban J connectivity index is 0.00000384. The maximum absolute atomic E-state index is 5.12. The first-order valence-corrected chi connectivity index (χ1v) is 18.5. The van der Waals surface area contributed by atoms with E-state index in [0.717, 1.165) is 50.4 Å². The van der Waals surface area contributed by atoms with Gasteiger partial charge in [-0.1, -0.05) is 98.2 Å². The molecule has 8 aromatic rings. The van der Waals surface area contributed by atoms with Gasteiger partial charge in [-0.2, -0.15) is 35.3 Å². The molecular weight excluding hydrogens is 844 g/mol. The zero-order valence-corrected chi connectivity index (χ0v) is 32.8. The van der Waals surface area contributed by atoms with Crippen molar-refractivity contribution in [2.75, 3.05) is 10.1 Å². The zero-order valence-electron chi connectivity index (χ0n) is 30.6. The zero-order chi connectivity index (χ0) is 35.8. The molecule has 6 aromatic carbocycles. The van der Waals surface area contributed by atoms with Crippen LogP contribution in [0.5, 0.6) is 0 Å². The summed E-state index contributed by atoms with van der Waals surface area (Å²) in [5, 5.41) is 6.46. The largest absolute Gasteiger partial charge is 0.319 e. The molecule has 1 aliphatic carbocycles. The second kappa shape index (κ2) is 13.1. The summed E-state index contributed by atoms with van der Waals surface area (Å²) in [7, 11) is 0. The van der Waals surface area contributed by atoms with Gasteiger partial charge in [-0.25, -0.2) is 4.98 Å². The summed E-state index contributed by atoms with van der Waals surface area (Å²) in [6, 6.07) is 58.4. The average molecular weight is 883 g/mol. The molecule has 1 aliphatic heterocycles. The fourth-order valence-corrected chi connectivity index (χ4v) is 8.61. The third-order valence-corrected chi connectivity index (χ3v) is 11.0. The molecule has 54 heavy (non-hydrogen) atoms. The van der Waals surface area contributed by atoms with Crippen molar-refractivity contribution in [1.82, 2.24) is 9.55 Å². The Labute approximate surface area is 330 Å². The van der Waals surface area contributed by atoms with Crippen molar-refractivity contribution in [2.45, 2.75) is 45.1 Å². The molecule has 6 heteroatoms. The molecule has 2 aromatic heterocycles. The number of aromatic nitrogens is 2. The van der Waals surface area contributed by atoms with Gasteiger partial charge < -0.3 is 4.57 Å². The minimum atomic E-state index is -0.705. The molecule has 0 saturated heterocycles.